The zero-order chi connectivity index (χ0) is 19.0. The molecular formula is C21H23Cl2N3O2. The Morgan fingerprint density at radius 1 is 1.04 bits per heavy atom. The average molecular weight is 420 g/mol. The molecule has 2 aromatic carbocycles. The van der Waals surface area contributed by atoms with E-state index in [4.69, 9.17) is 16.3 Å². The highest BCUT2D eigenvalue weighted by molar-refractivity contribution is 6.36. The zero-order valence-electron chi connectivity index (χ0n) is 15.9. The molecule has 0 saturated carbocycles. The quantitative estimate of drug-likeness (QED) is 0.641. The van der Waals surface area contributed by atoms with Gasteiger partial charge in [0.2, 0.25) is 0 Å². The van der Waals surface area contributed by atoms with Crippen LogP contribution in [0, 0.1) is 0 Å². The van der Waals surface area contributed by atoms with Crippen LogP contribution >= 0.6 is 24.0 Å². The first kappa shape index (κ1) is 20.5. The summed E-state index contributed by atoms with van der Waals surface area (Å²) in [6.07, 6.45) is 0. The first-order valence-corrected chi connectivity index (χ1v) is 9.39. The van der Waals surface area contributed by atoms with Gasteiger partial charge in [-0.2, -0.15) is 0 Å². The smallest absolute Gasteiger partial charge is 0.257 e. The summed E-state index contributed by atoms with van der Waals surface area (Å²) in [5, 5.41) is 1.28. The highest BCUT2D eigenvalue weighted by Gasteiger charge is 2.28. The number of piperazine rings is 1. The van der Waals surface area contributed by atoms with Crippen LogP contribution in [0.1, 0.15) is 10.4 Å². The van der Waals surface area contributed by atoms with E-state index in [1.165, 1.54) is 0 Å². The number of likely N-dealkylation sites (N-methyl/N-ethyl adjacent to an activating group) is 1. The Balaban J connectivity index is 0.00000225. The van der Waals surface area contributed by atoms with Crippen LogP contribution in [-0.4, -0.2) is 60.6 Å². The van der Waals surface area contributed by atoms with Gasteiger partial charge >= 0.3 is 0 Å². The molecule has 0 atom stereocenters. The van der Waals surface area contributed by atoms with E-state index in [0.29, 0.717) is 23.8 Å². The standard InChI is InChI=1S/C21H22ClN3O2.ClH/c1-23-10-12-24(13-11-23)21(26)19-17-9-8-16(27-2)14-18(17)25(20(19)22)15-6-4-3-5-7-15;/h3-9,14H,10-13H2,1-2H3;1H. The maximum atomic E-state index is 13.3. The second-order valence-corrected chi connectivity index (χ2v) is 7.17. The third-order valence-corrected chi connectivity index (χ3v) is 5.49. The van der Waals surface area contributed by atoms with E-state index < -0.39 is 0 Å². The van der Waals surface area contributed by atoms with Crippen molar-refractivity contribution in [1.82, 2.24) is 14.4 Å². The predicted octanol–water partition coefficient (Wildman–Crippen LogP) is 4.10. The first-order chi connectivity index (χ1) is 13.1. The van der Waals surface area contributed by atoms with Crippen LogP contribution in [0.3, 0.4) is 0 Å². The molecule has 0 aliphatic carbocycles. The summed E-state index contributed by atoms with van der Waals surface area (Å²) >= 11 is 6.79. The van der Waals surface area contributed by atoms with Gasteiger partial charge < -0.3 is 14.5 Å². The summed E-state index contributed by atoms with van der Waals surface area (Å²) < 4.78 is 7.31. The van der Waals surface area contributed by atoms with Crippen molar-refractivity contribution in [3.63, 3.8) is 0 Å². The number of carbonyl (C=O) groups excluding carboxylic acids is 1. The fourth-order valence-corrected chi connectivity index (χ4v) is 3.94. The van der Waals surface area contributed by atoms with Crippen molar-refractivity contribution in [1.29, 1.82) is 0 Å². The molecule has 0 N–H and O–H groups in total. The van der Waals surface area contributed by atoms with E-state index in [-0.39, 0.29) is 18.3 Å². The molecule has 1 aliphatic heterocycles. The third-order valence-electron chi connectivity index (χ3n) is 5.14. The van der Waals surface area contributed by atoms with Crippen LogP contribution in [0.5, 0.6) is 5.75 Å². The van der Waals surface area contributed by atoms with Gasteiger partial charge in [-0.15, -0.1) is 12.4 Å². The van der Waals surface area contributed by atoms with Gasteiger partial charge in [-0.3, -0.25) is 9.36 Å². The molecule has 5 nitrogen and oxygen atoms in total. The molecule has 0 spiro atoms. The SMILES string of the molecule is COc1ccc2c(C(=O)N3CCN(C)CC3)c(Cl)n(-c3ccccc3)c2c1.Cl. The normalized spacial score (nSPS) is 14.8. The van der Waals surface area contributed by atoms with Gasteiger partial charge in [0.1, 0.15) is 10.9 Å². The first-order valence-electron chi connectivity index (χ1n) is 9.01. The van der Waals surface area contributed by atoms with Crippen molar-refractivity contribution in [2.45, 2.75) is 0 Å². The monoisotopic (exact) mass is 419 g/mol. The minimum Gasteiger partial charge on any atom is -0.497 e. The van der Waals surface area contributed by atoms with Crippen molar-refractivity contribution < 1.29 is 9.53 Å². The Hall–Kier alpha value is -2.21. The van der Waals surface area contributed by atoms with Crippen molar-refractivity contribution in [2.24, 2.45) is 0 Å². The Morgan fingerprint density at radius 2 is 1.71 bits per heavy atom. The summed E-state index contributed by atoms with van der Waals surface area (Å²) in [7, 11) is 3.71. The molecule has 1 aromatic heterocycles. The fourth-order valence-electron chi connectivity index (χ4n) is 3.56. The van der Waals surface area contributed by atoms with Gasteiger partial charge in [-0.25, -0.2) is 0 Å². The summed E-state index contributed by atoms with van der Waals surface area (Å²) in [6.45, 7) is 3.16. The number of amides is 1. The van der Waals surface area contributed by atoms with Crippen molar-refractivity contribution >= 4 is 40.8 Å². The number of carbonyl (C=O) groups is 1. The molecule has 1 saturated heterocycles. The van der Waals surface area contributed by atoms with Gasteiger partial charge in [0.15, 0.2) is 0 Å². The molecule has 2 heterocycles. The number of ether oxygens (including phenoxy) is 1. The predicted molar refractivity (Wildman–Crippen MR) is 115 cm³/mol. The highest BCUT2D eigenvalue weighted by atomic mass is 35.5. The second-order valence-electron chi connectivity index (χ2n) is 6.82. The molecule has 1 fully saturated rings. The number of hydrogen-bond donors (Lipinski definition) is 0. The molecule has 1 amide bonds. The van der Waals surface area contributed by atoms with Gasteiger partial charge in [-0.05, 0) is 31.3 Å². The molecule has 0 bridgehead atoms. The number of benzene rings is 2. The lowest BCUT2D eigenvalue weighted by atomic mass is 10.1. The van der Waals surface area contributed by atoms with Crippen molar-refractivity contribution in [2.75, 3.05) is 40.3 Å². The van der Waals surface area contributed by atoms with Crippen LogP contribution in [0.25, 0.3) is 16.6 Å². The van der Waals surface area contributed by atoms with Gasteiger partial charge in [-0.1, -0.05) is 29.8 Å². The Morgan fingerprint density at radius 3 is 2.36 bits per heavy atom. The number of nitrogens with zero attached hydrogens (tertiary/aromatic N) is 3. The lowest BCUT2D eigenvalue weighted by Crippen LogP contribution is -2.47. The molecule has 4 rings (SSSR count). The average Bonchev–Trinajstić information content (AvgIpc) is 2.99. The van der Waals surface area contributed by atoms with Crippen LogP contribution in [0.15, 0.2) is 48.5 Å². The Labute approximate surface area is 175 Å². The highest BCUT2D eigenvalue weighted by Crippen LogP contribution is 2.36. The molecule has 7 heteroatoms. The van der Waals surface area contributed by atoms with Gasteiger partial charge in [0, 0.05) is 43.3 Å². The minimum absolute atomic E-state index is 0. The Kier molecular flexibility index (Phi) is 6.18. The van der Waals surface area contributed by atoms with Gasteiger partial charge in [0.25, 0.3) is 5.91 Å². The van der Waals surface area contributed by atoms with E-state index in [1.807, 2.05) is 58.0 Å². The molecule has 0 unspecified atom stereocenters. The fraction of sp³-hybridized carbons (Fsp3) is 0.286. The van der Waals surface area contributed by atoms with E-state index in [1.54, 1.807) is 7.11 Å². The minimum atomic E-state index is -0.0158. The number of halogens is 2. The number of para-hydroxylation sites is 1. The van der Waals surface area contributed by atoms with Crippen LogP contribution in [-0.2, 0) is 0 Å². The summed E-state index contributed by atoms with van der Waals surface area (Å²) in [6, 6.07) is 15.6. The summed E-state index contributed by atoms with van der Waals surface area (Å²) in [4.78, 5) is 17.4. The van der Waals surface area contributed by atoms with Crippen molar-refractivity contribution in [3.8, 4) is 11.4 Å². The van der Waals surface area contributed by atoms with E-state index in [0.717, 1.165) is 35.4 Å². The molecule has 3 aromatic rings. The van der Waals surface area contributed by atoms with Crippen molar-refractivity contribution in [3.05, 3.63) is 59.2 Å². The van der Waals surface area contributed by atoms with E-state index in [2.05, 4.69) is 11.9 Å². The maximum Gasteiger partial charge on any atom is 0.257 e. The second kappa shape index (κ2) is 8.43. The topological polar surface area (TPSA) is 37.7 Å². The van der Waals surface area contributed by atoms with Crippen LogP contribution < -0.4 is 4.74 Å². The van der Waals surface area contributed by atoms with Crippen LogP contribution in [0.4, 0.5) is 0 Å². The number of rotatable bonds is 3. The molecule has 1 aliphatic rings. The summed E-state index contributed by atoms with van der Waals surface area (Å²) in [5.74, 6) is 0.713. The number of fused-ring (bicyclic) bond motifs is 1. The Bertz CT molecular complexity index is 980. The van der Waals surface area contributed by atoms with E-state index >= 15 is 0 Å². The third kappa shape index (κ3) is 3.58. The van der Waals surface area contributed by atoms with Crippen LogP contribution in [0.2, 0.25) is 5.15 Å². The maximum absolute atomic E-state index is 13.3. The lowest BCUT2D eigenvalue weighted by molar-refractivity contribution is 0.0666. The number of hydrogen-bond acceptors (Lipinski definition) is 3. The zero-order valence-corrected chi connectivity index (χ0v) is 17.5. The largest absolute Gasteiger partial charge is 0.497 e. The lowest BCUT2D eigenvalue weighted by Gasteiger charge is -2.32. The number of methoxy groups -OCH3 is 1. The molecular weight excluding hydrogens is 397 g/mol. The molecule has 148 valence electrons. The summed E-state index contributed by atoms with van der Waals surface area (Å²) in [5.41, 5.74) is 2.34. The van der Waals surface area contributed by atoms with Gasteiger partial charge in [0.05, 0.1) is 18.2 Å². The molecule has 0 radical (unpaired) electrons. The number of aromatic nitrogens is 1. The molecule has 28 heavy (non-hydrogen) atoms. The van der Waals surface area contributed by atoms with E-state index in [9.17, 15) is 4.79 Å².